The summed E-state index contributed by atoms with van der Waals surface area (Å²) in [7, 11) is 0. The van der Waals surface area contributed by atoms with Crippen molar-refractivity contribution in [2.75, 3.05) is 0 Å². The van der Waals surface area contributed by atoms with Crippen LogP contribution in [0.4, 0.5) is 0 Å². The third-order valence-corrected chi connectivity index (χ3v) is 3.01. The van der Waals surface area contributed by atoms with Crippen LogP contribution in [-0.2, 0) is 4.79 Å². The standard InChI is InChI=1S/C12H20N2O/c13-14-11-9-7-5-3-1-2-4-6-8-10-12(11)15/h1-10H2. The zero-order chi connectivity index (χ0) is 10.9. The van der Waals surface area contributed by atoms with Crippen molar-refractivity contribution in [3.05, 3.63) is 5.53 Å². The van der Waals surface area contributed by atoms with Crippen LogP contribution >= 0.6 is 0 Å². The summed E-state index contributed by atoms with van der Waals surface area (Å²) in [6.07, 6.45) is 10.5. The van der Waals surface area contributed by atoms with E-state index >= 15 is 0 Å². The Bertz CT molecular complexity index is 254. The smallest absolute Gasteiger partial charge is 0.334 e. The molecule has 3 nitrogen and oxygen atoms in total. The molecule has 0 aliphatic heterocycles. The van der Waals surface area contributed by atoms with E-state index in [1.54, 1.807) is 0 Å². The van der Waals surface area contributed by atoms with Crippen LogP contribution in [0.1, 0.15) is 64.2 Å². The van der Waals surface area contributed by atoms with Crippen molar-refractivity contribution >= 4 is 11.5 Å². The number of nitrogens with zero attached hydrogens (tertiary/aromatic N) is 2. The van der Waals surface area contributed by atoms with Gasteiger partial charge < -0.3 is 5.53 Å². The van der Waals surface area contributed by atoms with Gasteiger partial charge in [-0.15, -0.1) is 0 Å². The molecule has 0 aromatic heterocycles. The van der Waals surface area contributed by atoms with Crippen LogP contribution in [0.5, 0.6) is 0 Å². The molecular weight excluding hydrogens is 188 g/mol. The second-order valence-corrected chi connectivity index (χ2v) is 4.30. The summed E-state index contributed by atoms with van der Waals surface area (Å²) in [6, 6.07) is 0. The van der Waals surface area contributed by atoms with E-state index in [0.717, 1.165) is 25.7 Å². The van der Waals surface area contributed by atoms with Crippen LogP contribution in [0.15, 0.2) is 0 Å². The first-order chi connectivity index (χ1) is 7.34. The molecule has 1 aliphatic carbocycles. The van der Waals surface area contributed by atoms with E-state index in [1.165, 1.54) is 25.7 Å². The number of ketones is 1. The fourth-order valence-electron chi connectivity index (χ4n) is 2.03. The van der Waals surface area contributed by atoms with Gasteiger partial charge in [0.2, 0.25) is 5.78 Å². The fourth-order valence-corrected chi connectivity index (χ4v) is 2.03. The summed E-state index contributed by atoms with van der Waals surface area (Å²) in [6.45, 7) is 0. The minimum atomic E-state index is 0.0399. The molecule has 0 amide bonds. The van der Waals surface area contributed by atoms with Crippen molar-refractivity contribution in [3.8, 4) is 0 Å². The molecule has 0 radical (unpaired) electrons. The molecule has 0 heterocycles. The monoisotopic (exact) mass is 208 g/mol. The Balaban J connectivity index is 2.45. The van der Waals surface area contributed by atoms with Gasteiger partial charge in [-0.1, -0.05) is 38.5 Å². The zero-order valence-corrected chi connectivity index (χ0v) is 9.37. The van der Waals surface area contributed by atoms with Gasteiger partial charge in [0, 0.05) is 6.42 Å². The second kappa shape index (κ2) is 7.36. The summed E-state index contributed by atoms with van der Waals surface area (Å²) in [5.41, 5.74) is 9.12. The number of carbonyl (C=O) groups excluding carboxylic acids is 1. The van der Waals surface area contributed by atoms with Gasteiger partial charge in [-0.25, -0.2) is 0 Å². The van der Waals surface area contributed by atoms with Gasteiger partial charge in [0.25, 0.3) is 0 Å². The lowest BCUT2D eigenvalue weighted by molar-refractivity contribution is -0.117. The third kappa shape index (κ3) is 4.89. The highest BCUT2D eigenvalue weighted by molar-refractivity contribution is 6.37. The van der Waals surface area contributed by atoms with Crippen LogP contribution in [0.2, 0.25) is 0 Å². The Morgan fingerprint density at radius 3 is 1.80 bits per heavy atom. The molecule has 1 rings (SSSR count). The summed E-state index contributed by atoms with van der Waals surface area (Å²) in [4.78, 5) is 14.7. The molecule has 0 unspecified atom stereocenters. The van der Waals surface area contributed by atoms with Crippen LogP contribution in [0.3, 0.4) is 0 Å². The van der Waals surface area contributed by atoms with Gasteiger partial charge in [-0.05, 0) is 12.8 Å². The molecule has 0 aromatic rings. The molecule has 1 saturated carbocycles. The molecule has 0 N–H and O–H groups in total. The average Bonchev–Trinajstić information content (AvgIpc) is 2.23. The minimum absolute atomic E-state index is 0.0399. The first-order valence-corrected chi connectivity index (χ1v) is 6.08. The molecule has 1 aliphatic rings. The summed E-state index contributed by atoms with van der Waals surface area (Å²) in [5.74, 6) is 0.0399. The lowest BCUT2D eigenvalue weighted by Gasteiger charge is -2.03. The highest BCUT2D eigenvalue weighted by Crippen LogP contribution is 2.13. The SMILES string of the molecule is [N-]=[N+]=C1CCCCCCCCCCC1=O. The average molecular weight is 208 g/mol. The van der Waals surface area contributed by atoms with Crippen molar-refractivity contribution in [1.82, 2.24) is 0 Å². The first-order valence-electron chi connectivity index (χ1n) is 6.08. The molecule has 0 bridgehead atoms. The Kier molecular flexibility index (Phi) is 5.94. The number of rotatable bonds is 0. The van der Waals surface area contributed by atoms with Gasteiger partial charge in [-0.3, -0.25) is 4.79 Å². The van der Waals surface area contributed by atoms with Crippen LogP contribution in [0.25, 0.3) is 5.53 Å². The number of Topliss-reactive ketones (excluding diaryl/α,β-unsaturated/α-hetero) is 1. The van der Waals surface area contributed by atoms with Crippen molar-refractivity contribution in [2.45, 2.75) is 64.2 Å². The second-order valence-electron chi connectivity index (χ2n) is 4.30. The van der Waals surface area contributed by atoms with Crippen molar-refractivity contribution < 1.29 is 9.58 Å². The van der Waals surface area contributed by atoms with E-state index in [0.29, 0.717) is 18.6 Å². The highest BCUT2D eigenvalue weighted by atomic mass is 16.1. The molecule has 3 heteroatoms. The number of hydrogen-bond acceptors (Lipinski definition) is 1. The van der Waals surface area contributed by atoms with Crippen molar-refractivity contribution in [1.29, 1.82) is 0 Å². The predicted molar refractivity (Wildman–Crippen MR) is 59.8 cm³/mol. The van der Waals surface area contributed by atoms with Crippen LogP contribution < -0.4 is 0 Å². The third-order valence-electron chi connectivity index (χ3n) is 3.01. The predicted octanol–water partition coefficient (Wildman–Crippen LogP) is 3.14. The Morgan fingerprint density at radius 1 is 0.800 bits per heavy atom. The van der Waals surface area contributed by atoms with E-state index < -0.39 is 0 Å². The lowest BCUT2D eigenvalue weighted by atomic mass is 9.99. The topological polar surface area (TPSA) is 53.5 Å². The maximum atomic E-state index is 11.6. The van der Waals surface area contributed by atoms with E-state index in [2.05, 4.69) is 4.79 Å². The van der Waals surface area contributed by atoms with Gasteiger partial charge >= 0.3 is 5.71 Å². The van der Waals surface area contributed by atoms with Gasteiger partial charge in [0.05, 0.1) is 6.42 Å². The van der Waals surface area contributed by atoms with Crippen molar-refractivity contribution in [3.63, 3.8) is 0 Å². The molecule has 0 saturated heterocycles. The van der Waals surface area contributed by atoms with E-state index in [9.17, 15) is 4.79 Å². The molecule has 0 atom stereocenters. The van der Waals surface area contributed by atoms with Gasteiger partial charge in [0.1, 0.15) is 0 Å². The maximum Gasteiger partial charge on any atom is 0.334 e. The number of hydrogen-bond donors (Lipinski definition) is 0. The maximum absolute atomic E-state index is 11.6. The summed E-state index contributed by atoms with van der Waals surface area (Å²) >= 11 is 0. The van der Waals surface area contributed by atoms with Crippen molar-refractivity contribution in [2.24, 2.45) is 0 Å². The zero-order valence-electron chi connectivity index (χ0n) is 9.37. The van der Waals surface area contributed by atoms with Crippen LogP contribution in [0, 0.1) is 0 Å². The van der Waals surface area contributed by atoms with Crippen LogP contribution in [-0.4, -0.2) is 16.3 Å². The van der Waals surface area contributed by atoms with Gasteiger partial charge in [0.15, 0.2) is 0 Å². The first kappa shape index (κ1) is 12.1. The molecular formula is C12H20N2O. The quantitative estimate of drug-likeness (QED) is 0.445. The van der Waals surface area contributed by atoms with E-state index in [-0.39, 0.29) is 5.78 Å². The lowest BCUT2D eigenvalue weighted by Crippen LogP contribution is -2.15. The molecule has 15 heavy (non-hydrogen) atoms. The normalized spacial score (nSPS) is 21.3. The number of carbonyl (C=O) groups is 1. The van der Waals surface area contributed by atoms with E-state index in [1.807, 2.05) is 0 Å². The Labute approximate surface area is 91.5 Å². The fraction of sp³-hybridized carbons (Fsp3) is 0.833. The molecule has 0 aromatic carbocycles. The summed E-state index contributed by atoms with van der Waals surface area (Å²) < 4.78 is 0. The molecule has 0 spiro atoms. The largest absolute Gasteiger partial charge is 0.361 e. The highest BCUT2D eigenvalue weighted by Gasteiger charge is 2.18. The van der Waals surface area contributed by atoms with Gasteiger partial charge in [-0.2, -0.15) is 4.79 Å². The van der Waals surface area contributed by atoms with E-state index in [4.69, 9.17) is 5.53 Å². The molecule has 84 valence electrons. The summed E-state index contributed by atoms with van der Waals surface area (Å²) in [5, 5.41) is 0. The Morgan fingerprint density at radius 2 is 1.27 bits per heavy atom. The molecule has 1 fully saturated rings. The minimum Gasteiger partial charge on any atom is -0.361 e. The Hall–Kier alpha value is -0.950.